The lowest BCUT2D eigenvalue weighted by Gasteiger charge is -2.39. The minimum absolute atomic E-state index is 0.0928. The number of carbonyl (C=O) groups excluding carboxylic acids is 2. The van der Waals surface area contributed by atoms with E-state index in [9.17, 15) is 9.59 Å². The number of aryl methyl sites for hydroxylation is 1. The molecule has 0 unspecified atom stereocenters. The molecule has 0 saturated carbocycles. The summed E-state index contributed by atoms with van der Waals surface area (Å²) in [6.07, 6.45) is 1.28. The highest BCUT2D eigenvalue weighted by atomic mass is 32.1. The van der Waals surface area contributed by atoms with Gasteiger partial charge in [0.15, 0.2) is 5.78 Å². The normalized spacial score (nSPS) is 20.7. The van der Waals surface area contributed by atoms with E-state index in [1.807, 2.05) is 56.3 Å². The number of thiophene rings is 1. The Kier molecular flexibility index (Phi) is 5.41. The molecule has 2 aromatic rings. The first-order valence-corrected chi connectivity index (χ1v) is 11.1. The Labute approximate surface area is 181 Å². The summed E-state index contributed by atoms with van der Waals surface area (Å²) in [5.74, 6) is -0.624. The minimum atomic E-state index is -0.371. The minimum Gasteiger partial charge on any atom is -0.457 e. The van der Waals surface area contributed by atoms with Crippen LogP contribution in [0.2, 0.25) is 0 Å². The Morgan fingerprint density at radius 3 is 2.53 bits per heavy atom. The van der Waals surface area contributed by atoms with Gasteiger partial charge in [-0.2, -0.15) is 0 Å². The van der Waals surface area contributed by atoms with Gasteiger partial charge in [0.1, 0.15) is 6.61 Å². The molecule has 0 spiro atoms. The number of carbonyl (C=O) groups is 2. The number of benzene rings is 1. The van der Waals surface area contributed by atoms with Gasteiger partial charge in [-0.05, 0) is 43.4 Å². The van der Waals surface area contributed by atoms with Gasteiger partial charge in [-0.1, -0.05) is 44.2 Å². The molecule has 2 heterocycles. The maximum absolute atomic E-state index is 13.2. The summed E-state index contributed by atoms with van der Waals surface area (Å²) in [5, 5.41) is 3.38. The number of allylic oxidation sites excluding steroid dienone is 3. The smallest absolute Gasteiger partial charge is 0.337 e. The number of nitrogens with one attached hydrogen (secondary N) is 1. The van der Waals surface area contributed by atoms with Gasteiger partial charge in [-0.25, -0.2) is 4.79 Å². The first-order chi connectivity index (χ1) is 14.2. The number of hydrogen-bond acceptors (Lipinski definition) is 5. The fourth-order valence-electron chi connectivity index (χ4n) is 4.40. The number of ether oxygens (including phenoxy) is 1. The molecule has 156 valence electrons. The SMILES string of the molecule is CC1=C(C(=O)OCc2ccccc2)[C@@H](c2ccc(C)s2)C2=C(CC(C)(C)CC2=O)N1. The molecule has 2 aliphatic rings. The zero-order chi connectivity index (χ0) is 21.5. The van der Waals surface area contributed by atoms with Crippen molar-refractivity contribution in [1.82, 2.24) is 5.32 Å². The van der Waals surface area contributed by atoms with Crippen molar-refractivity contribution in [3.63, 3.8) is 0 Å². The molecule has 30 heavy (non-hydrogen) atoms. The maximum Gasteiger partial charge on any atom is 0.337 e. The monoisotopic (exact) mass is 421 g/mol. The number of hydrogen-bond donors (Lipinski definition) is 1. The topological polar surface area (TPSA) is 55.4 Å². The zero-order valence-corrected chi connectivity index (χ0v) is 18.7. The molecule has 5 heteroatoms. The molecule has 1 atom stereocenters. The van der Waals surface area contributed by atoms with Crippen LogP contribution in [0, 0.1) is 12.3 Å². The van der Waals surface area contributed by atoms with Gasteiger partial charge in [0.25, 0.3) is 0 Å². The van der Waals surface area contributed by atoms with Gasteiger partial charge in [-0.15, -0.1) is 11.3 Å². The van der Waals surface area contributed by atoms with E-state index in [2.05, 4.69) is 19.2 Å². The summed E-state index contributed by atoms with van der Waals surface area (Å²) in [7, 11) is 0. The predicted molar refractivity (Wildman–Crippen MR) is 119 cm³/mol. The molecule has 0 radical (unpaired) electrons. The highest BCUT2D eigenvalue weighted by Gasteiger charge is 2.43. The van der Waals surface area contributed by atoms with E-state index in [1.165, 1.54) is 0 Å². The summed E-state index contributed by atoms with van der Waals surface area (Å²) in [6, 6.07) is 13.7. The van der Waals surface area contributed by atoms with Gasteiger partial charge in [0, 0.05) is 33.1 Å². The Bertz CT molecular complexity index is 1060. The van der Waals surface area contributed by atoms with Crippen molar-refractivity contribution in [3.05, 3.63) is 80.3 Å². The van der Waals surface area contributed by atoms with Crippen LogP contribution in [0.4, 0.5) is 0 Å². The van der Waals surface area contributed by atoms with E-state index >= 15 is 0 Å². The molecule has 1 aromatic carbocycles. The summed E-state index contributed by atoms with van der Waals surface area (Å²) < 4.78 is 5.69. The lowest BCUT2D eigenvalue weighted by atomic mass is 9.70. The van der Waals surface area contributed by atoms with Crippen molar-refractivity contribution in [1.29, 1.82) is 0 Å². The van der Waals surface area contributed by atoms with E-state index in [0.717, 1.165) is 38.7 Å². The van der Waals surface area contributed by atoms with Crippen molar-refractivity contribution in [2.75, 3.05) is 0 Å². The molecule has 0 saturated heterocycles. The number of rotatable bonds is 4. The van der Waals surface area contributed by atoms with Crippen molar-refractivity contribution in [2.45, 2.75) is 53.1 Å². The number of Topliss-reactive ketones (excluding diaryl/α,β-unsaturated/α-hetero) is 1. The van der Waals surface area contributed by atoms with Gasteiger partial charge in [0.05, 0.1) is 11.5 Å². The lowest BCUT2D eigenvalue weighted by molar-refractivity contribution is -0.140. The quantitative estimate of drug-likeness (QED) is 0.671. The number of dihydropyridines is 1. The Morgan fingerprint density at radius 2 is 1.87 bits per heavy atom. The second-order valence-corrected chi connectivity index (χ2v) is 10.3. The standard InChI is InChI=1S/C25H27NO3S/c1-15-10-11-20(30-15)23-21(24(28)29-14-17-8-6-5-7-9-17)16(2)26-18-12-25(3,4)13-19(27)22(18)23/h5-11,23,26H,12-14H2,1-4H3/t23-/m1/s1. The summed E-state index contributed by atoms with van der Waals surface area (Å²) >= 11 is 1.63. The molecule has 0 amide bonds. The molecule has 1 aliphatic carbocycles. The van der Waals surface area contributed by atoms with Crippen molar-refractivity contribution >= 4 is 23.1 Å². The van der Waals surface area contributed by atoms with Crippen LogP contribution >= 0.6 is 11.3 Å². The zero-order valence-electron chi connectivity index (χ0n) is 17.9. The molecular formula is C25H27NO3S. The maximum atomic E-state index is 13.2. The molecule has 0 bridgehead atoms. The van der Waals surface area contributed by atoms with E-state index in [1.54, 1.807) is 11.3 Å². The molecule has 4 rings (SSSR count). The van der Waals surface area contributed by atoms with Gasteiger partial charge >= 0.3 is 5.97 Å². The van der Waals surface area contributed by atoms with Crippen molar-refractivity contribution in [3.8, 4) is 0 Å². The second kappa shape index (κ2) is 7.88. The van der Waals surface area contributed by atoms with Crippen LogP contribution in [0.3, 0.4) is 0 Å². The average Bonchev–Trinajstić information content (AvgIpc) is 3.11. The van der Waals surface area contributed by atoms with Crippen LogP contribution in [-0.4, -0.2) is 11.8 Å². The largest absolute Gasteiger partial charge is 0.457 e. The van der Waals surface area contributed by atoms with Crippen LogP contribution in [0.15, 0.2) is 65.0 Å². The number of ketones is 1. The van der Waals surface area contributed by atoms with Gasteiger partial charge in [-0.3, -0.25) is 4.79 Å². The van der Waals surface area contributed by atoms with Gasteiger partial charge < -0.3 is 10.1 Å². The highest BCUT2D eigenvalue weighted by molar-refractivity contribution is 7.12. The fourth-order valence-corrected chi connectivity index (χ4v) is 5.40. The van der Waals surface area contributed by atoms with Gasteiger partial charge in [0.2, 0.25) is 0 Å². The predicted octanol–water partition coefficient (Wildman–Crippen LogP) is 5.40. The van der Waals surface area contributed by atoms with E-state index in [0.29, 0.717) is 12.0 Å². The average molecular weight is 422 g/mol. The van der Waals surface area contributed by atoms with Crippen LogP contribution < -0.4 is 5.32 Å². The molecule has 0 fully saturated rings. The van der Waals surface area contributed by atoms with Crippen LogP contribution in [-0.2, 0) is 20.9 Å². The van der Waals surface area contributed by atoms with Crippen molar-refractivity contribution in [2.24, 2.45) is 5.41 Å². The molecule has 1 aromatic heterocycles. The summed E-state index contributed by atoms with van der Waals surface area (Å²) in [6.45, 7) is 8.38. The second-order valence-electron chi connectivity index (χ2n) is 8.94. The molecule has 4 nitrogen and oxygen atoms in total. The Morgan fingerprint density at radius 1 is 1.13 bits per heavy atom. The Hall–Kier alpha value is -2.66. The van der Waals surface area contributed by atoms with Crippen LogP contribution in [0.25, 0.3) is 0 Å². The van der Waals surface area contributed by atoms with Crippen LogP contribution in [0.5, 0.6) is 0 Å². The van der Waals surface area contributed by atoms with Crippen LogP contribution in [0.1, 0.15) is 54.8 Å². The summed E-state index contributed by atoms with van der Waals surface area (Å²) in [4.78, 5) is 28.6. The first kappa shape index (κ1) is 20.6. The third-order valence-electron chi connectivity index (χ3n) is 5.72. The van der Waals surface area contributed by atoms with Crippen molar-refractivity contribution < 1.29 is 14.3 Å². The highest BCUT2D eigenvalue weighted by Crippen LogP contribution is 2.48. The van der Waals surface area contributed by atoms with E-state index in [4.69, 9.17) is 4.74 Å². The third kappa shape index (κ3) is 3.99. The molecule has 1 aliphatic heterocycles. The van der Waals surface area contributed by atoms with E-state index in [-0.39, 0.29) is 29.7 Å². The lowest BCUT2D eigenvalue weighted by Crippen LogP contribution is -2.38. The Balaban J connectivity index is 1.71. The summed E-state index contributed by atoms with van der Waals surface area (Å²) in [5.41, 5.74) is 3.84. The number of esters is 1. The third-order valence-corrected chi connectivity index (χ3v) is 6.78. The fraction of sp³-hybridized carbons (Fsp3) is 0.360. The van der Waals surface area contributed by atoms with E-state index < -0.39 is 0 Å². The molecule has 1 N–H and O–H groups in total. The molecular weight excluding hydrogens is 394 g/mol. The first-order valence-electron chi connectivity index (χ1n) is 10.3.